The number of aryl methyl sites for hydroxylation is 1. The Balaban J connectivity index is 2.51. The zero-order valence-electron chi connectivity index (χ0n) is 12.1. The van der Waals surface area contributed by atoms with Gasteiger partial charge in [0.15, 0.2) is 0 Å². The molecule has 0 fully saturated rings. The maximum atomic E-state index is 11.7. The summed E-state index contributed by atoms with van der Waals surface area (Å²) in [4.78, 5) is 27.7. The molecule has 1 aromatic heterocycles. The molecule has 0 saturated carbocycles. The minimum atomic E-state index is -0.438. The molecule has 1 heterocycles. The maximum Gasteiger partial charge on any atom is 0.337 e. The smallest absolute Gasteiger partial charge is 0.337 e. The quantitative estimate of drug-likeness (QED) is 0.870. The number of methoxy groups -OCH3 is 2. The van der Waals surface area contributed by atoms with Crippen LogP contribution in [0.1, 0.15) is 16.1 Å². The number of amides is 1. The largest absolute Gasteiger partial charge is 0.465 e. The van der Waals surface area contributed by atoms with E-state index in [1.807, 2.05) is 6.92 Å². The first-order valence-corrected chi connectivity index (χ1v) is 6.33. The molecule has 1 amide bonds. The summed E-state index contributed by atoms with van der Waals surface area (Å²) >= 11 is 0. The molecule has 0 atom stereocenters. The number of rotatable bonds is 4. The molecular formula is C15H16N2O4. The van der Waals surface area contributed by atoms with Crippen LogP contribution in [0.3, 0.4) is 0 Å². The van der Waals surface area contributed by atoms with Crippen molar-refractivity contribution in [2.75, 3.05) is 26.1 Å². The fourth-order valence-electron chi connectivity index (χ4n) is 2.02. The summed E-state index contributed by atoms with van der Waals surface area (Å²) in [5.74, 6) is -0.709. The van der Waals surface area contributed by atoms with Crippen LogP contribution in [0.4, 0.5) is 5.69 Å². The fraction of sp³-hybridized carbons (Fsp3) is 0.267. The van der Waals surface area contributed by atoms with Crippen molar-refractivity contribution in [3.8, 4) is 0 Å². The van der Waals surface area contributed by atoms with Crippen molar-refractivity contribution in [1.82, 2.24) is 4.98 Å². The van der Waals surface area contributed by atoms with E-state index in [-0.39, 0.29) is 12.5 Å². The summed E-state index contributed by atoms with van der Waals surface area (Å²) in [6.07, 6.45) is 0. The molecule has 0 saturated heterocycles. The van der Waals surface area contributed by atoms with Gasteiger partial charge in [0.25, 0.3) is 0 Å². The van der Waals surface area contributed by atoms with E-state index in [9.17, 15) is 9.59 Å². The first-order chi connectivity index (χ1) is 10.0. The van der Waals surface area contributed by atoms with E-state index in [1.54, 1.807) is 24.3 Å². The van der Waals surface area contributed by atoms with Crippen molar-refractivity contribution < 1.29 is 19.1 Å². The van der Waals surface area contributed by atoms with Crippen LogP contribution < -0.4 is 5.32 Å². The maximum absolute atomic E-state index is 11.7. The van der Waals surface area contributed by atoms with Gasteiger partial charge in [0.1, 0.15) is 6.61 Å². The predicted molar refractivity (Wildman–Crippen MR) is 78.3 cm³/mol. The van der Waals surface area contributed by atoms with Crippen molar-refractivity contribution in [2.24, 2.45) is 0 Å². The van der Waals surface area contributed by atoms with Crippen LogP contribution in [0.15, 0.2) is 24.3 Å². The number of carbonyl (C=O) groups is 2. The number of fused-ring (bicyclic) bond motifs is 1. The first-order valence-electron chi connectivity index (χ1n) is 6.33. The standard InChI is InChI=1S/C15H16N2O4/c1-9-6-13(17-14(18)8-20-2)11-7-10(15(19)21-3)4-5-12(11)16-9/h4-7H,8H2,1-3H3,(H,16,17,18). The van der Waals surface area contributed by atoms with Gasteiger partial charge in [-0.25, -0.2) is 4.79 Å². The second kappa shape index (κ2) is 6.32. The molecule has 0 spiro atoms. The topological polar surface area (TPSA) is 77.5 Å². The lowest BCUT2D eigenvalue weighted by Gasteiger charge is -2.10. The highest BCUT2D eigenvalue weighted by molar-refractivity contribution is 6.04. The molecule has 110 valence electrons. The number of hydrogen-bond donors (Lipinski definition) is 1. The van der Waals surface area contributed by atoms with Crippen LogP contribution in [-0.2, 0) is 14.3 Å². The number of carbonyl (C=O) groups excluding carboxylic acids is 2. The van der Waals surface area contributed by atoms with E-state index in [4.69, 9.17) is 9.47 Å². The summed E-state index contributed by atoms with van der Waals surface area (Å²) in [6.45, 7) is 1.79. The molecule has 0 unspecified atom stereocenters. The highest BCUT2D eigenvalue weighted by Crippen LogP contribution is 2.24. The van der Waals surface area contributed by atoms with Crippen LogP contribution in [0.25, 0.3) is 10.9 Å². The van der Waals surface area contributed by atoms with Gasteiger partial charge < -0.3 is 14.8 Å². The number of benzene rings is 1. The van der Waals surface area contributed by atoms with Crippen molar-refractivity contribution in [3.05, 3.63) is 35.5 Å². The van der Waals surface area contributed by atoms with Crippen LogP contribution >= 0.6 is 0 Å². The van der Waals surface area contributed by atoms with Gasteiger partial charge in [0, 0.05) is 18.2 Å². The molecule has 21 heavy (non-hydrogen) atoms. The summed E-state index contributed by atoms with van der Waals surface area (Å²) in [5, 5.41) is 3.43. The van der Waals surface area contributed by atoms with E-state index in [0.717, 1.165) is 5.69 Å². The zero-order valence-corrected chi connectivity index (χ0v) is 12.1. The van der Waals surface area contributed by atoms with E-state index >= 15 is 0 Å². The van der Waals surface area contributed by atoms with E-state index in [1.165, 1.54) is 14.2 Å². The Morgan fingerprint density at radius 3 is 2.67 bits per heavy atom. The second-order valence-electron chi connectivity index (χ2n) is 4.52. The Kier molecular flexibility index (Phi) is 4.49. The summed E-state index contributed by atoms with van der Waals surface area (Å²) in [7, 11) is 2.77. The second-order valence-corrected chi connectivity index (χ2v) is 4.52. The molecule has 1 N–H and O–H groups in total. The van der Waals surface area contributed by atoms with E-state index in [2.05, 4.69) is 10.3 Å². The van der Waals surface area contributed by atoms with Gasteiger partial charge in [0.05, 0.1) is 23.9 Å². The highest BCUT2D eigenvalue weighted by Gasteiger charge is 2.11. The molecule has 0 aliphatic carbocycles. The SMILES string of the molecule is COCC(=O)Nc1cc(C)nc2ccc(C(=O)OC)cc12. The fourth-order valence-corrected chi connectivity index (χ4v) is 2.02. The summed E-state index contributed by atoms with van der Waals surface area (Å²) < 4.78 is 9.50. The third kappa shape index (κ3) is 3.35. The summed E-state index contributed by atoms with van der Waals surface area (Å²) in [6, 6.07) is 6.76. The number of ether oxygens (including phenoxy) is 2. The molecule has 6 nitrogen and oxygen atoms in total. The highest BCUT2D eigenvalue weighted by atomic mass is 16.5. The van der Waals surface area contributed by atoms with E-state index < -0.39 is 5.97 Å². The molecule has 0 bridgehead atoms. The van der Waals surface area contributed by atoms with Gasteiger partial charge in [-0.05, 0) is 31.2 Å². The first kappa shape index (κ1) is 14.9. The molecule has 2 aromatic rings. The number of esters is 1. The minimum Gasteiger partial charge on any atom is -0.465 e. The zero-order chi connectivity index (χ0) is 15.4. The molecule has 0 aliphatic heterocycles. The monoisotopic (exact) mass is 288 g/mol. The lowest BCUT2D eigenvalue weighted by atomic mass is 10.1. The van der Waals surface area contributed by atoms with Crippen LogP contribution in [0.2, 0.25) is 0 Å². The van der Waals surface area contributed by atoms with Gasteiger partial charge in [0.2, 0.25) is 5.91 Å². The third-order valence-corrected chi connectivity index (χ3v) is 2.91. The average molecular weight is 288 g/mol. The van der Waals surface area contributed by atoms with Gasteiger partial charge in [-0.3, -0.25) is 9.78 Å². The van der Waals surface area contributed by atoms with Crippen molar-refractivity contribution >= 4 is 28.5 Å². The number of anilines is 1. The number of hydrogen-bond acceptors (Lipinski definition) is 5. The van der Waals surface area contributed by atoms with Crippen molar-refractivity contribution in [1.29, 1.82) is 0 Å². The van der Waals surface area contributed by atoms with Crippen molar-refractivity contribution in [3.63, 3.8) is 0 Å². The van der Waals surface area contributed by atoms with Gasteiger partial charge in [-0.15, -0.1) is 0 Å². The lowest BCUT2D eigenvalue weighted by Crippen LogP contribution is -2.17. The molecule has 0 aliphatic rings. The Morgan fingerprint density at radius 1 is 1.24 bits per heavy atom. The van der Waals surface area contributed by atoms with Crippen LogP contribution in [-0.4, -0.2) is 37.7 Å². The van der Waals surface area contributed by atoms with Gasteiger partial charge >= 0.3 is 5.97 Å². The molecule has 6 heteroatoms. The predicted octanol–water partition coefficient (Wildman–Crippen LogP) is 1.91. The number of nitrogens with zero attached hydrogens (tertiary/aromatic N) is 1. The Labute approximate surface area is 122 Å². The van der Waals surface area contributed by atoms with Crippen LogP contribution in [0.5, 0.6) is 0 Å². The van der Waals surface area contributed by atoms with Gasteiger partial charge in [-0.1, -0.05) is 0 Å². The Hall–Kier alpha value is -2.47. The Morgan fingerprint density at radius 2 is 2.00 bits per heavy atom. The van der Waals surface area contributed by atoms with Crippen molar-refractivity contribution in [2.45, 2.75) is 6.92 Å². The normalized spacial score (nSPS) is 10.4. The third-order valence-electron chi connectivity index (χ3n) is 2.91. The van der Waals surface area contributed by atoms with E-state index in [0.29, 0.717) is 22.2 Å². The molecular weight excluding hydrogens is 272 g/mol. The number of nitrogens with one attached hydrogen (secondary N) is 1. The minimum absolute atomic E-state index is 0.0421. The molecule has 2 rings (SSSR count). The summed E-state index contributed by atoms with van der Waals surface area (Å²) in [5.41, 5.74) is 2.44. The van der Waals surface area contributed by atoms with Gasteiger partial charge in [-0.2, -0.15) is 0 Å². The molecule has 0 radical (unpaired) electrons. The number of aromatic nitrogens is 1. The average Bonchev–Trinajstić information content (AvgIpc) is 2.46. The number of pyridine rings is 1. The molecule has 1 aromatic carbocycles. The Bertz CT molecular complexity index is 697. The van der Waals surface area contributed by atoms with Crippen LogP contribution in [0, 0.1) is 6.92 Å². The lowest BCUT2D eigenvalue weighted by molar-refractivity contribution is -0.119.